The predicted octanol–water partition coefficient (Wildman–Crippen LogP) is 5.64. The van der Waals surface area contributed by atoms with Crippen LogP contribution in [0.25, 0.3) is 0 Å². The molecule has 28 heavy (non-hydrogen) atoms. The molecule has 2 bridgehead atoms. The maximum Gasteiger partial charge on any atom is 0.146 e. The Kier molecular flexibility index (Phi) is 4.88. The molecule has 0 radical (unpaired) electrons. The number of halogens is 1. The van der Waals surface area contributed by atoms with Crippen molar-refractivity contribution in [2.45, 2.75) is 70.0 Å². The van der Waals surface area contributed by atoms with E-state index in [9.17, 15) is 4.39 Å². The van der Waals surface area contributed by atoms with Crippen LogP contribution in [0.2, 0.25) is 0 Å². The molecule has 2 aromatic rings. The minimum Gasteiger partial charge on any atom is -0.369 e. The number of fused-ring (bicyclic) bond motifs is 2. The first-order valence-electron chi connectivity index (χ1n) is 11.0. The highest BCUT2D eigenvalue weighted by atomic mass is 19.1. The highest BCUT2D eigenvalue weighted by molar-refractivity contribution is 5.50. The van der Waals surface area contributed by atoms with Gasteiger partial charge in [-0.2, -0.15) is 0 Å². The topological polar surface area (TPSA) is 6.48 Å². The summed E-state index contributed by atoms with van der Waals surface area (Å²) in [5.41, 5.74) is 4.76. The average molecular weight is 379 g/mol. The smallest absolute Gasteiger partial charge is 0.146 e. The number of piperidine rings is 1. The molecule has 3 atom stereocenters. The quantitative estimate of drug-likeness (QED) is 0.679. The Bertz CT molecular complexity index is 811. The van der Waals surface area contributed by atoms with Gasteiger partial charge in [-0.05, 0) is 74.6 Å². The van der Waals surface area contributed by atoms with E-state index in [1.54, 1.807) is 6.07 Å². The summed E-state index contributed by atoms with van der Waals surface area (Å²) in [7, 11) is 0. The summed E-state index contributed by atoms with van der Waals surface area (Å²) in [5.74, 6) is 0.643. The first-order chi connectivity index (χ1) is 13.7. The molecule has 0 aromatic heterocycles. The summed E-state index contributed by atoms with van der Waals surface area (Å²) in [6.45, 7) is 5.04. The molecule has 3 heteroatoms. The van der Waals surface area contributed by atoms with E-state index in [0.29, 0.717) is 18.0 Å². The molecule has 0 saturated carbocycles. The van der Waals surface area contributed by atoms with Crippen LogP contribution >= 0.6 is 0 Å². The Hall–Kier alpha value is -1.87. The van der Waals surface area contributed by atoms with Crippen molar-refractivity contribution < 1.29 is 4.39 Å². The number of aryl methyl sites for hydroxylation is 1. The van der Waals surface area contributed by atoms with Crippen LogP contribution in [-0.4, -0.2) is 30.1 Å². The van der Waals surface area contributed by atoms with Crippen LogP contribution in [0.15, 0.2) is 42.5 Å². The van der Waals surface area contributed by atoms with Crippen LogP contribution in [0.5, 0.6) is 0 Å². The molecule has 1 unspecified atom stereocenters. The lowest BCUT2D eigenvalue weighted by Gasteiger charge is -2.39. The van der Waals surface area contributed by atoms with Gasteiger partial charge in [-0.1, -0.05) is 35.9 Å². The molecule has 5 rings (SSSR count). The lowest BCUT2D eigenvalue weighted by molar-refractivity contribution is 0.118. The van der Waals surface area contributed by atoms with Crippen molar-refractivity contribution >= 4 is 5.69 Å². The number of hydrogen-bond acceptors (Lipinski definition) is 2. The fourth-order valence-electron chi connectivity index (χ4n) is 5.72. The first-order valence-corrected chi connectivity index (χ1v) is 11.0. The third kappa shape index (κ3) is 3.45. The zero-order valence-corrected chi connectivity index (χ0v) is 16.9. The van der Waals surface area contributed by atoms with Gasteiger partial charge >= 0.3 is 0 Å². The molecule has 3 fully saturated rings. The molecular formula is C25H31FN2. The highest BCUT2D eigenvalue weighted by Crippen LogP contribution is 2.43. The Labute approximate surface area is 168 Å². The third-order valence-corrected chi connectivity index (χ3v) is 7.26. The van der Waals surface area contributed by atoms with Crippen molar-refractivity contribution in [3.05, 3.63) is 65.0 Å². The Morgan fingerprint density at radius 2 is 1.61 bits per heavy atom. The minimum atomic E-state index is -0.0405. The van der Waals surface area contributed by atoms with Gasteiger partial charge in [0, 0.05) is 31.7 Å². The van der Waals surface area contributed by atoms with Gasteiger partial charge in [0.25, 0.3) is 0 Å². The molecule has 2 aromatic carbocycles. The predicted molar refractivity (Wildman–Crippen MR) is 113 cm³/mol. The van der Waals surface area contributed by atoms with Crippen LogP contribution < -0.4 is 4.90 Å². The van der Waals surface area contributed by atoms with Gasteiger partial charge in [0.1, 0.15) is 5.82 Å². The van der Waals surface area contributed by atoms with Gasteiger partial charge in [-0.15, -0.1) is 0 Å². The summed E-state index contributed by atoms with van der Waals surface area (Å²) in [6, 6.07) is 16.4. The van der Waals surface area contributed by atoms with E-state index in [-0.39, 0.29) is 5.82 Å². The molecule has 2 nitrogen and oxygen atoms in total. The second kappa shape index (κ2) is 7.51. The summed E-state index contributed by atoms with van der Waals surface area (Å²) < 4.78 is 14.7. The van der Waals surface area contributed by atoms with E-state index in [1.165, 1.54) is 49.7 Å². The van der Waals surface area contributed by atoms with Gasteiger partial charge in [-0.25, -0.2) is 4.39 Å². The summed E-state index contributed by atoms with van der Waals surface area (Å²) in [5, 5.41) is 0. The van der Waals surface area contributed by atoms with Crippen LogP contribution in [0.4, 0.5) is 10.1 Å². The number of rotatable bonds is 4. The second-order valence-electron chi connectivity index (χ2n) is 9.12. The van der Waals surface area contributed by atoms with E-state index in [1.807, 2.05) is 6.07 Å². The molecule has 148 valence electrons. The Morgan fingerprint density at radius 3 is 2.25 bits per heavy atom. The molecule has 0 N–H and O–H groups in total. The van der Waals surface area contributed by atoms with Crippen molar-refractivity contribution in [1.82, 2.24) is 4.90 Å². The van der Waals surface area contributed by atoms with E-state index in [0.717, 1.165) is 30.9 Å². The normalized spacial score (nSPS) is 27.5. The SMILES string of the molecule is Cc1ccc(C2C[C@H]3CC[C@@H](C2)N3Cc2ccc(N3CCCC3)c(F)c2)cc1. The lowest BCUT2D eigenvalue weighted by Crippen LogP contribution is -2.41. The summed E-state index contributed by atoms with van der Waals surface area (Å²) in [6.07, 6.45) is 7.44. The molecule has 0 amide bonds. The van der Waals surface area contributed by atoms with Crippen molar-refractivity contribution in [1.29, 1.82) is 0 Å². The zero-order valence-electron chi connectivity index (χ0n) is 16.9. The van der Waals surface area contributed by atoms with Gasteiger partial charge < -0.3 is 4.90 Å². The van der Waals surface area contributed by atoms with Gasteiger partial charge in [0.15, 0.2) is 0 Å². The van der Waals surface area contributed by atoms with Gasteiger partial charge in [0.2, 0.25) is 0 Å². The van der Waals surface area contributed by atoms with Crippen molar-refractivity contribution in [3.63, 3.8) is 0 Å². The largest absolute Gasteiger partial charge is 0.369 e. The number of benzene rings is 2. The third-order valence-electron chi connectivity index (χ3n) is 7.26. The van der Waals surface area contributed by atoms with Crippen molar-refractivity contribution in [2.75, 3.05) is 18.0 Å². The molecule has 3 aliphatic heterocycles. The van der Waals surface area contributed by atoms with Crippen molar-refractivity contribution in [2.24, 2.45) is 0 Å². The number of nitrogens with zero attached hydrogens (tertiary/aromatic N) is 2. The first kappa shape index (κ1) is 18.2. The van der Waals surface area contributed by atoms with Crippen LogP contribution in [0.1, 0.15) is 61.1 Å². The fourth-order valence-corrected chi connectivity index (χ4v) is 5.72. The van der Waals surface area contributed by atoms with Gasteiger partial charge in [-0.3, -0.25) is 4.90 Å². The van der Waals surface area contributed by atoms with E-state index in [4.69, 9.17) is 0 Å². The minimum absolute atomic E-state index is 0.0405. The lowest BCUT2D eigenvalue weighted by atomic mass is 9.84. The fraction of sp³-hybridized carbons (Fsp3) is 0.520. The van der Waals surface area contributed by atoms with Crippen molar-refractivity contribution in [3.8, 4) is 0 Å². The molecule has 0 aliphatic carbocycles. The maximum absolute atomic E-state index is 14.7. The maximum atomic E-state index is 14.7. The highest BCUT2D eigenvalue weighted by Gasteiger charge is 2.40. The Morgan fingerprint density at radius 1 is 0.929 bits per heavy atom. The summed E-state index contributed by atoms with van der Waals surface area (Å²) in [4.78, 5) is 4.85. The average Bonchev–Trinajstić information content (AvgIpc) is 3.29. The molecule has 3 aliphatic rings. The number of hydrogen-bond donors (Lipinski definition) is 0. The van der Waals surface area contributed by atoms with Crippen LogP contribution in [0.3, 0.4) is 0 Å². The van der Waals surface area contributed by atoms with Gasteiger partial charge in [0.05, 0.1) is 5.69 Å². The molecule has 0 spiro atoms. The standard InChI is InChI=1S/C25H31FN2/c1-18-4-7-20(8-5-18)21-15-22-9-10-23(16-21)28(22)17-19-6-11-25(24(26)14-19)27-12-2-3-13-27/h4-8,11,14,21-23H,2-3,9-10,12-13,15-17H2,1H3/t21?,22-,23+. The zero-order chi connectivity index (χ0) is 19.1. The van der Waals surface area contributed by atoms with Crippen LogP contribution in [-0.2, 0) is 6.54 Å². The van der Waals surface area contributed by atoms with E-state index >= 15 is 0 Å². The Balaban J connectivity index is 1.28. The molecule has 3 saturated heterocycles. The molecular weight excluding hydrogens is 347 g/mol. The van der Waals surface area contributed by atoms with E-state index in [2.05, 4.69) is 47.1 Å². The number of anilines is 1. The molecule has 3 heterocycles. The summed E-state index contributed by atoms with van der Waals surface area (Å²) >= 11 is 0. The second-order valence-corrected chi connectivity index (χ2v) is 9.12. The monoisotopic (exact) mass is 378 g/mol. The van der Waals surface area contributed by atoms with Crippen LogP contribution in [0, 0.1) is 12.7 Å². The van der Waals surface area contributed by atoms with E-state index < -0.39 is 0 Å².